The minimum absolute atomic E-state index is 0.0862. The van der Waals surface area contributed by atoms with E-state index >= 15 is 0 Å². The Hall–Kier alpha value is -3.47. The van der Waals surface area contributed by atoms with E-state index in [4.69, 9.17) is 0 Å². The molecule has 37 heavy (non-hydrogen) atoms. The molecule has 2 heterocycles. The zero-order chi connectivity index (χ0) is 25.7. The highest BCUT2D eigenvalue weighted by molar-refractivity contribution is 7.99. The molecule has 0 radical (unpaired) electrons. The molecule has 0 saturated carbocycles. The third kappa shape index (κ3) is 5.76. The number of para-hydroxylation sites is 1. The standard InChI is InChI=1S/C27H27N5O3S2/c33-25(28-22-13-10-16-24(19-22)37(34,35)31-17-8-3-9-18-31)20-36-27-30-29-26(21-11-4-1-5-12-21)32(27)23-14-6-2-7-15-23/h1-2,4-7,10-16,19H,3,8-9,17-18,20H2,(H,28,33). The van der Waals surface area contributed by atoms with E-state index in [0.29, 0.717) is 29.8 Å². The number of benzene rings is 3. The van der Waals surface area contributed by atoms with Gasteiger partial charge in [-0.1, -0.05) is 72.8 Å². The van der Waals surface area contributed by atoms with E-state index < -0.39 is 10.0 Å². The van der Waals surface area contributed by atoms with Crippen molar-refractivity contribution in [3.8, 4) is 17.1 Å². The van der Waals surface area contributed by atoms with Crippen LogP contribution in [0, 0.1) is 0 Å². The Kier molecular flexibility index (Phi) is 7.68. The van der Waals surface area contributed by atoms with Crippen LogP contribution in [-0.4, -0.2) is 52.2 Å². The minimum Gasteiger partial charge on any atom is -0.325 e. The average molecular weight is 534 g/mol. The maximum atomic E-state index is 13.0. The zero-order valence-corrected chi connectivity index (χ0v) is 21.8. The molecule has 0 spiro atoms. The van der Waals surface area contributed by atoms with Gasteiger partial charge in [-0.2, -0.15) is 4.31 Å². The van der Waals surface area contributed by atoms with Gasteiger partial charge in [-0.15, -0.1) is 10.2 Å². The lowest BCUT2D eigenvalue weighted by atomic mass is 10.2. The van der Waals surface area contributed by atoms with E-state index in [1.807, 2.05) is 65.2 Å². The highest BCUT2D eigenvalue weighted by Crippen LogP contribution is 2.28. The smallest absolute Gasteiger partial charge is 0.243 e. The Morgan fingerprint density at radius 2 is 1.57 bits per heavy atom. The predicted molar refractivity (Wildman–Crippen MR) is 145 cm³/mol. The Balaban J connectivity index is 1.31. The molecular weight excluding hydrogens is 506 g/mol. The van der Waals surface area contributed by atoms with Gasteiger partial charge in [0.05, 0.1) is 10.6 Å². The van der Waals surface area contributed by atoms with Crippen molar-refractivity contribution in [2.75, 3.05) is 24.2 Å². The zero-order valence-electron chi connectivity index (χ0n) is 20.2. The number of sulfonamides is 1. The van der Waals surface area contributed by atoms with Crippen LogP contribution in [0.15, 0.2) is 95.0 Å². The number of amides is 1. The summed E-state index contributed by atoms with van der Waals surface area (Å²) in [6.45, 7) is 1.06. The first-order valence-corrected chi connectivity index (χ1v) is 14.5. The number of thioether (sulfide) groups is 1. The van der Waals surface area contributed by atoms with Crippen LogP contribution in [0.4, 0.5) is 5.69 Å². The second-order valence-electron chi connectivity index (χ2n) is 8.67. The molecule has 1 amide bonds. The molecule has 1 N–H and O–H groups in total. The van der Waals surface area contributed by atoms with Crippen LogP contribution in [0.2, 0.25) is 0 Å². The second-order valence-corrected chi connectivity index (χ2v) is 11.6. The van der Waals surface area contributed by atoms with Crippen molar-refractivity contribution in [2.45, 2.75) is 29.3 Å². The van der Waals surface area contributed by atoms with Gasteiger partial charge >= 0.3 is 0 Å². The lowest BCUT2D eigenvalue weighted by Gasteiger charge is -2.26. The van der Waals surface area contributed by atoms with Crippen LogP contribution in [-0.2, 0) is 14.8 Å². The number of aromatic nitrogens is 3. The van der Waals surface area contributed by atoms with Crippen LogP contribution in [0.3, 0.4) is 0 Å². The van der Waals surface area contributed by atoms with Crippen LogP contribution >= 0.6 is 11.8 Å². The van der Waals surface area contributed by atoms with Gasteiger partial charge in [-0.05, 0) is 43.2 Å². The van der Waals surface area contributed by atoms with Gasteiger partial charge in [-0.25, -0.2) is 8.42 Å². The molecule has 1 saturated heterocycles. The number of hydrogen-bond acceptors (Lipinski definition) is 6. The van der Waals surface area contributed by atoms with E-state index in [0.717, 1.165) is 30.5 Å². The molecule has 4 aromatic rings. The summed E-state index contributed by atoms with van der Waals surface area (Å²) < 4.78 is 29.5. The van der Waals surface area contributed by atoms with Crippen molar-refractivity contribution in [1.82, 2.24) is 19.1 Å². The molecule has 190 valence electrons. The molecule has 3 aromatic carbocycles. The van der Waals surface area contributed by atoms with Crippen molar-refractivity contribution in [2.24, 2.45) is 0 Å². The Morgan fingerprint density at radius 3 is 2.30 bits per heavy atom. The second kappa shape index (κ2) is 11.3. The van der Waals surface area contributed by atoms with E-state index in [9.17, 15) is 13.2 Å². The summed E-state index contributed by atoms with van der Waals surface area (Å²) in [5, 5.41) is 12.2. The Labute approximate surface area is 220 Å². The number of carbonyl (C=O) groups is 1. The number of piperidine rings is 1. The first-order valence-electron chi connectivity index (χ1n) is 12.1. The van der Waals surface area contributed by atoms with Gasteiger partial charge in [0.1, 0.15) is 0 Å². The van der Waals surface area contributed by atoms with Gasteiger partial charge < -0.3 is 5.32 Å². The number of hydrogen-bond donors (Lipinski definition) is 1. The summed E-state index contributed by atoms with van der Waals surface area (Å²) in [6.07, 6.45) is 2.78. The highest BCUT2D eigenvalue weighted by Gasteiger charge is 2.26. The lowest BCUT2D eigenvalue weighted by molar-refractivity contribution is -0.113. The van der Waals surface area contributed by atoms with Crippen molar-refractivity contribution in [3.05, 3.63) is 84.9 Å². The number of rotatable bonds is 8. The van der Waals surface area contributed by atoms with Gasteiger partial charge in [0.15, 0.2) is 11.0 Å². The summed E-state index contributed by atoms with van der Waals surface area (Å²) in [4.78, 5) is 13.0. The van der Waals surface area contributed by atoms with E-state index in [-0.39, 0.29) is 16.6 Å². The molecule has 1 aromatic heterocycles. The molecule has 0 unspecified atom stereocenters. The first kappa shape index (κ1) is 25.2. The summed E-state index contributed by atoms with van der Waals surface area (Å²) in [7, 11) is -3.58. The largest absolute Gasteiger partial charge is 0.325 e. The quantitative estimate of drug-likeness (QED) is 0.326. The fraction of sp³-hybridized carbons (Fsp3) is 0.222. The highest BCUT2D eigenvalue weighted by atomic mass is 32.2. The maximum Gasteiger partial charge on any atom is 0.243 e. The van der Waals surface area contributed by atoms with Crippen molar-refractivity contribution < 1.29 is 13.2 Å². The lowest BCUT2D eigenvalue weighted by Crippen LogP contribution is -2.35. The normalized spacial score (nSPS) is 14.4. The molecular formula is C27H27N5O3S2. The molecule has 1 fully saturated rings. The predicted octanol–water partition coefficient (Wildman–Crippen LogP) is 4.84. The minimum atomic E-state index is -3.58. The molecule has 0 bridgehead atoms. The van der Waals surface area contributed by atoms with Crippen LogP contribution in [0.5, 0.6) is 0 Å². The summed E-state index contributed by atoms with van der Waals surface area (Å²) in [5.41, 5.74) is 2.25. The molecule has 8 nitrogen and oxygen atoms in total. The topological polar surface area (TPSA) is 97.2 Å². The van der Waals surface area contributed by atoms with Crippen molar-refractivity contribution in [1.29, 1.82) is 0 Å². The average Bonchev–Trinajstić information content (AvgIpc) is 3.37. The molecule has 1 aliphatic heterocycles. The van der Waals surface area contributed by atoms with Crippen LogP contribution in [0.25, 0.3) is 17.1 Å². The number of nitrogens with zero attached hydrogens (tertiary/aromatic N) is 4. The third-order valence-corrected chi connectivity index (χ3v) is 8.91. The van der Waals surface area contributed by atoms with E-state index in [2.05, 4.69) is 15.5 Å². The van der Waals surface area contributed by atoms with Gasteiger partial charge in [0, 0.05) is 30.0 Å². The Bertz CT molecular complexity index is 1470. The van der Waals surface area contributed by atoms with Crippen molar-refractivity contribution in [3.63, 3.8) is 0 Å². The number of nitrogens with one attached hydrogen (secondary N) is 1. The van der Waals surface area contributed by atoms with Gasteiger partial charge in [0.25, 0.3) is 0 Å². The van der Waals surface area contributed by atoms with Crippen LogP contribution < -0.4 is 5.32 Å². The van der Waals surface area contributed by atoms with Crippen LogP contribution in [0.1, 0.15) is 19.3 Å². The number of carbonyl (C=O) groups excluding carboxylic acids is 1. The number of anilines is 1. The Morgan fingerprint density at radius 1 is 0.865 bits per heavy atom. The molecule has 0 atom stereocenters. The fourth-order valence-corrected chi connectivity index (χ4v) is 6.58. The monoisotopic (exact) mass is 533 g/mol. The van der Waals surface area contributed by atoms with Crippen molar-refractivity contribution >= 4 is 33.4 Å². The molecule has 5 rings (SSSR count). The van der Waals surface area contributed by atoms with E-state index in [1.54, 1.807) is 18.2 Å². The first-order chi connectivity index (χ1) is 18.0. The molecule has 10 heteroatoms. The van der Waals surface area contributed by atoms with Gasteiger partial charge in [-0.3, -0.25) is 9.36 Å². The van der Waals surface area contributed by atoms with E-state index in [1.165, 1.54) is 22.1 Å². The fourth-order valence-electron chi connectivity index (χ4n) is 4.26. The molecule has 0 aliphatic carbocycles. The summed E-state index contributed by atoms with van der Waals surface area (Å²) >= 11 is 1.27. The summed E-state index contributed by atoms with van der Waals surface area (Å²) in [5.74, 6) is 0.509. The maximum absolute atomic E-state index is 13.0. The third-order valence-electron chi connectivity index (χ3n) is 6.08. The SMILES string of the molecule is O=C(CSc1nnc(-c2ccccc2)n1-c1ccccc1)Nc1cccc(S(=O)(=O)N2CCCCC2)c1. The molecule has 1 aliphatic rings. The summed E-state index contributed by atoms with van der Waals surface area (Å²) in [6, 6.07) is 26.0. The van der Waals surface area contributed by atoms with Gasteiger partial charge in [0.2, 0.25) is 15.9 Å².